The maximum absolute atomic E-state index is 5.69. The van der Waals surface area contributed by atoms with Gasteiger partial charge in [0.1, 0.15) is 0 Å². The van der Waals surface area contributed by atoms with E-state index < -0.39 is 0 Å². The van der Waals surface area contributed by atoms with Crippen LogP contribution in [-0.2, 0) is 18.9 Å². The Labute approximate surface area is 122 Å². The van der Waals surface area contributed by atoms with Crippen molar-refractivity contribution in [2.75, 3.05) is 39.6 Å². The standard InChI is InChI=1S/C16H28O4/c1-2-17-10-6-11-18-14-15-19-12-7-13-20-16-8-4-3-5-9-16/h2,8H,1,3-7,9-15H2. The van der Waals surface area contributed by atoms with Crippen LogP contribution in [0.25, 0.3) is 0 Å². The van der Waals surface area contributed by atoms with E-state index in [1.807, 2.05) is 0 Å². The highest BCUT2D eigenvalue weighted by Gasteiger charge is 2.03. The third-order valence-corrected chi connectivity index (χ3v) is 3.01. The van der Waals surface area contributed by atoms with Crippen molar-refractivity contribution in [1.29, 1.82) is 0 Å². The topological polar surface area (TPSA) is 36.9 Å². The first-order valence-corrected chi connectivity index (χ1v) is 7.63. The van der Waals surface area contributed by atoms with Gasteiger partial charge in [0.2, 0.25) is 0 Å². The van der Waals surface area contributed by atoms with Crippen molar-refractivity contribution >= 4 is 0 Å². The van der Waals surface area contributed by atoms with Crippen LogP contribution in [0, 0.1) is 0 Å². The molecule has 0 aromatic heterocycles. The van der Waals surface area contributed by atoms with Crippen LogP contribution < -0.4 is 0 Å². The Bertz CT molecular complexity index is 263. The van der Waals surface area contributed by atoms with E-state index in [1.54, 1.807) is 0 Å². The lowest BCUT2D eigenvalue weighted by Gasteiger charge is -2.14. The highest BCUT2D eigenvalue weighted by molar-refractivity contribution is 4.96. The van der Waals surface area contributed by atoms with E-state index in [9.17, 15) is 0 Å². The Morgan fingerprint density at radius 3 is 2.35 bits per heavy atom. The van der Waals surface area contributed by atoms with Gasteiger partial charge in [-0.3, -0.25) is 0 Å². The molecule has 0 bridgehead atoms. The number of hydrogen-bond donors (Lipinski definition) is 0. The monoisotopic (exact) mass is 284 g/mol. The molecule has 0 aromatic carbocycles. The van der Waals surface area contributed by atoms with E-state index in [0.29, 0.717) is 26.4 Å². The molecule has 0 unspecified atom stereocenters. The van der Waals surface area contributed by atoms with Crippen LogP contribution in [0.1, 0.15) is 38.5 Å². The second-order valence-corrected chi connectivity index (χ2v) is 4.73. The Kier molecular flexibility index (Phi) is 11.1. The summed E-state index contributed by atoms with van der Waals surface area (Å²) in [5, 5.41) is 0. The molecular weight excluding hydrogens is 256 g/mol. The summed E-state index contributed by atoms with van der Waals surface area (Å²) in [4.78, 5) is 0. The first-order valence-electron chi connectivity index (χ1n) is 7.63. The van der Waals surface area contributed by atoms with Gasteiger partial charge in [-0.15, -0.1) is 0 Å². The third-order valence-electron chi connectivity index (χ3n) is 3.01. The summed E-state index contributed by atoms with van der Waals surface area (Å²) in [5.41, 5.74) is 0. The summed E-state index contributed by atoms with van der Waals surface area (Å²) in [6, 6.07) is 0. The lowest BCUT2D eigenvalue weighted by atomic mass is 10.1. The van der Waals surface area contributed by atoms with Gasteiger partial charge in [-0.1, -0.05) is 6.58 Å². The van der Waals surface area contributed by atoms with Gasteiger partial charge in [-0.25, -0.2) is 0 Å². The van der Waals surface area contributed by atoms with Gasteiger partial charge in [0.05, 0.1) is 38.4 Å². The van der Waals surface area contributed by atoms with E-state index in [4.69, 9.17) is 18.9 Å². The van der Waals surface area contributed by atoms with Gasteiger partial charge >= 0.3 is 0 Å². The molecule has 0 spiro atoms. The first kappa shape index (κ1) is 17.1. The summed E-state index contributed by atoms with van der Waals surface area (Å²) in [7, 11) is 0. The predicted molar refractivity (Wildman–Crippen MR) is 79.5 cm³/mol. The second-order valence-electron chi connectivity index (χ2n) is 4.73. The van der Waals surface area contributed by atoms with Crippen molar-refractivity contribution in [2.24, 2.45) is 0 Å². The van der Waals surface area contributed by atoms with Crippen LogP contribution in [0.5, 0.6) is 0 Å². The van der Waals surface area contributed by atoms with Crippen LogP contribution >= 0.6 is 0 Å². The average Bonchev–Trinajstić information content (AvgIpc) is 2.49. The number of rotatable bonds is 13. The molecule has 4 nitrogen and oxygen atoms in total. The molecule has 0 fully saturated rings. The van der Waals surface area contributed by atoms with E-state index in [1.165, 1.54) is 31.3 Å². The molecule has 1 aliphatic carbocycles. The largest absolute Gasteiger partial charge is 0.502 e. The summed E-state index contributed by atoms with van der Waals surface area (Å²) < 4.78 is 21.6. The molecule has 1 rings (SSSR count). The molecule has 20 heavy (non-hydrogen) atoms. The van der Waals surface area contributed by atoms with Gasteiger partial charge in [0.15, 0.2) is 0 Å². The normalized spacial score (nSPS) is 14.7. The zero-order valence-electron chi connectivity index (χ0n) is 12.5. The van der Waals surface area contributed by atoms with Crippen LogP contribution in [0.2, 0.25) is 0 Å². The molecule has 0 aliphatic heterocycles. The van der Waals surface area contributed by atoms with Gasteiger partial charge in [0.25, 0.3) is 0 Å². The molecule has 0 heterocycles. The SMILES string of the molecule is C=COCCCOCCOCCCOC1=CCCCC1. The molecule has 0 aromatic rings. The minimum Gasteiger partial charge on any atom is -0.502 e. The second kappa shape index (κ2) is 13.0. The molecule has 0 radical (unpaired) electrons. The Morgan fingerprint density at radius 2 is 1.70 bits per heavy atom. The minimum atomic E-state index is 0.639. The van der Waals surface area contributed by atoms with Gasteiger partial charge in [-0.05, 0) is 25.3 Å². The maximum atomic E-state index is 5.69. The Hall–Kier alpha value is -1.00. The summed E-state index contributed by atoms with van der Waals surface area (Å²) in [5.74, 6) is 1.17. The molecule has 0 saturated heterocycles. The molecular formula is C16H28O4. The van der Waals surface area contributed by atoms with Gasteiger partial charge in [0, 0.05) is 32.5 Å². The molecule has 116 valence electrons. The van der Waals surface area contributed by atoms with E-state index in [2.05, 4.69) is 12.7 Å². The van der Waals surface area contributed by atoms with Crippen LogP contribution in [0.15, 0.2) is 24.7 Å². The highest BCUT2D eigenvalue weighted by atomic mass is 16.5. The molecule has 1 aliphatic rings. The fourth-order valence-corrected chi connectivity index (χ4v) is 1.95. The lowest BCUT2D eigenvalue weighted by Crippen LogP contribution is -2.08. The van der Waals surface area contributed by atoms with Crippen molar-refractivity contribution in [1.82, 2.24) is 0 Å². The fourth-order valence-electron chi connectivity index (χ4n) is 1.95. The van der Waals surface area contributed by atoms with Crippen molar-refractivity contribution in [2.45, 2.75) is 38.5 Å². The number of hydrogen-bond acceptors (Lipinski definition) is 4. The lowest BCUT2D eigenvalue weighted by molar-refractivity contribution is 0.0353. The summed E-state index contributed by atoms with van der Waals surface area (Å²) in [6.45, 7) is 7.61. The maximum Gasteiger partial charge on any atom is 0.0919 e. The first-order chi connectivity index (χ1) is 9.93. The quantitative estimate of drug-likeness (QED) is 0.383. The fraction of sp³-hybridized carbons (Fsp3) is 0.750. The minimum absolute atomic E-state index is 0.639. The van der Waals surface area contributed by atoms with Crippen LogP contribution in [-0.4, -0.2) is 39.6 Å². The van der Waals surface area contributed by atoms with Crippen molar-refractivity contribution in [3.63, 3.8) is 0 Å². The average molecular weight is 284 g/mol. The molecule has 0 amide bonds. The van der Waals surface area contributed by atoms with Crippen molar-refractivity contribution < 1.29 is 18.9 Å². The zero-order chi connectivity index (χ0) is 14.3. The zero-order valence-corrected chi connectivity index (χ0v) is 12.5. The molecule has 0 atom stereocenters. The predicted octanol–water partition coefficient (Wildman–Crippen LogP) is 3.43. The van der Waals surface area contributed by atoms with Crippen molar-refractivity contribution in [3.05, 3.63) is 24.7 Å². The smallest absolute Gasteiger partial charge is 0.0919 e. The highest BCUT2D eigenvalue weighted by Crippen LogP contribution is 2.18. The Balaban J connectivity index is 1.74. The third kappa shape index (κ3) is 9.87. The van der Waals surface area contributed by atoms with E-state index in [0.717, 1.165) is 32.5 Å². The van der Waals surface area contributed by atoms with Gasteiger partial charge in [-0.2, -0.15) is 0 Å². The number of allylic oxidation sites excluding steroid dienone is 2. The number of ether oxygens (including phenoxy) is 4. The van der Waals surface area contributed by atoms with Crippen molar-refractivity contribution in [3.8, 4) is 0 Å². The molecule has 0 N–H and O–H groups in total. The van der Waals surface area contributed by atoms with E-state index >= 15 is 0 Å². The van der Waals surface area contributed by atoms with Crippen LogP contribution in [0.3, 0.4) is 0 Å². The molecule has 0 saturated carbocycles. The van der Waals surface area contributed by atoms with E-state index in [-0.39, 0.29) is 0 Å². The summed E-state index contributed by atoms with van der Waals surface area (Å²) >= 11 is 0. The Morgan fingerprint density at radius 1 is 0.950 bits per heavy atom. The van der Waals surface area contributed by atoms with Gasteiger partial charge < -0.3 is 18.9 Å². The van der Waals surface area contributed by atoms with Crippen LogP contribution in [0.4, 0.5) is 0 Å². The summed E-state index contributed by atoms with van der Waals surface area (Å²) in [6.07, 6.45) is 10.3. The molecule has 4 heteroatoms.